The van der Waals surface area contributed by atoms with Crippen molar-refractivity contribution in [2.24, 2.45) is 0 Å². The first-order chi connectivity index (χ1) is 10.2. The molecule has 0 amide bonds. The van der Waals surface area contributed by atoms with Gasteiger partial charge in [-0.15, -0.1) is 0 Å². The fourth-order valence-corrected chi connectivity index (χ4v) is 2.82. The fourth-order valence-electron chi connectivity index (χ4n) is 2.52. The summed E-state index contributed by atoms with van der Waals surface area (Å²) in [6, 6.07) is 11.5. The van der Waals surface area contributed by atoms with Crippen LogP contribution in [-0.4, -0.2) is 20.3 Å². The van der Waals surface area contributed by atoms with Crippen LogP contribution in [0.4, 0.5) is 0 Å². The Morgan fingerprint density at radius 3 is 2.62 bits per heavy atom. The van der Waals surface area contributed by atoms with Crippen molar-refractivity contribution in [2.75, 3.05) is 20.3 Å². The smallest absolute Gasteiger partial charge is 0.166 e. The van der Waals surface area contributed by atoms with Gasteiger partial charge < -0.3 is 14.8 Å². The molecule has 2 aromatic rings. The number of hydrogen-bond donors (Lipinski definition) is 1. The van der Waals surface area contributed by atoms with E-state index in [0.29, 0.717) is 23.3 Å². The fraction of sp³-hybridized carbons (Fsp3) is 0.250. The van der Waals surface area contributed by atoms with Gasteiger partial charge in [0.25, 0.3) is 0 Å². The molecule has 2 aromatic carbocycles. The van der Waals surface area contributed by atoms with Gasteiger partial charge in [-0.05, 0) is 30.8 Å². The first-order valence-corrected chi connectivity index (χ1v) is 7.47. The minimum Gasteiger partial charge on any atom is -0.486 e. The van der Waals surface area contributed by atoms with E-state index in [1.165, 1.54) is 0 Å². The van der Waals surface area contributed by atoms with Crippen LogP contribution in [-0.2, 0) is 0 Å². The number of halogens is 2. The summed E-state index contributed by atoms with van der Waals surface area (Å²) >= 11 is 12.1. The van der Waals surface area contributed by atoms with E-state index in [1.807, 2.05) is 37.4 Å². The van der Waals surface area contributed by atoms with Crippen LogP contribution < -0.4 is 14.8 Å². The second-order valence-corrected chi connectivity index (χ2v) is 5.58. The Labute approximate surface area is 133 Å². The molecule has 3 nitrogen and oxygen atoms in total. The molecule has 5 heteroatoms. The summed E-state index contributed by atoms with van der Waals surface area (Å²) in [4.78, 5) is 0. The number of hydrogen-bond acceptors (Lipinski definition) is 3. The molecule has 1 heterocycles. The van der Waals surface area contributed by atoms with E-state index < -0.39 is 0 Å². The third-order valence-corrected chi connectivity index (χ3v) is 4.21. The average Bonchev–Trinajstić information content (AvgIpc) is 2.52. The zero-order valence-electron chi connectivity index (χ0n) is 11.5. The first kappa shape index (κ1) is 14.5. The van der Waals surface area contributed by atoms with Crippen LogP contribution in [0.1, 0.15) is 17.2 Å². The predicted molar refractivity (Wildman–Crippen MR) is 84.8 cm³/mol. The summed E-state index contributed by atoms with van der Waals surface area (Å²) in [6.45, 7) is 1.13. The van der Waals surface area contributed by atoms with Gasteiger partial charge >= 0.3 is 0 Å². The van der Waals surface area contributed by atoms with E-state index >= 15 is 0 Å². The summed E-state index contributed by atoms with van der Waals surface area (Å²) in [5, 5.41) is 4.38. The molecule has 0 fully saturated rings. The van der Waals surface area contributed by atoms with Crippen LogP contribution in [0.5, 0.6) is 11.5 Å². The average molecular weight is 324 g/mol. The normalized spacial score (nSPS) is 14.8. The molecule has 110 valence electrons. The highest BCUT2D eigenvalue weighted by Gasteiger charge is 2.22. The maximum Gasteiger partial charge on any atom is 0.166 e. The quantitative estimate of drug-likeness (QED) is 0.923. The summed E-state index contributed by atoms with van der Waals surface area (Å²) in [5.74, 6) is 1.56. The highest BCUT2D eigenvalue weighted by Crippen LogP contribution is 2.39. The number of fused-ring (bicyclic) bond motifs is 1. The summed E-state index contributed by atoms with van der Waals surface area (Å²) in [7, 11) is 1.90. The summed E-state index contributed by atoms with van der Waals surface area (Å²) < 4.78 is 11.4. The molecule has 0 radical (unpaired) electrons. The van der Waals surface area contributed by atoms with Crippen molar-refractivity contribution < 1.29 is 9.47 Å². The molecule has 1 aliphatic heterocycles. The van der Waals surface area contributed by atoms with Crippen LogP contribution in [0.25, 0.3) is 0 Å². The number of nitrogens with one attached hydrogen (secondary N) is 1. The molecule has 0 bridgehead atoms. The standard InChI is InChI=1S/C16H15Cl2NO2/c1-19-15(10-5-6-12(17)13(18)9-10)11-3-2-4-14-16(11)21-8-7-20-14/h2-6,9,15,19H,7-8H2,1H3. The van der Waals surface area contributed by atoms with Crippen LogP contribution in [0, 0.1) is 0 Å². The lowest BCUT2D eigenvalue weighted by molar-refractivity contribution is 0.169. The first-order valence-electron chi connectivity index (χ1n) is 6.71. The third kappa shape index (κ3) is 2.82. The van der Waals surface area contributed by atoms with Crippen LogP contribution in [0.15, 0.2) is 36.4 Å². The van der Waals surface area contributed by atoms with Gasteiger partial charge in [-0.2, -0.15) is 0 Å². The van der Waals surface area contributed by atoms with Gasteiger partial charge in [0.2, 0.25) is 0 Å². The van der Waals surface area contributed by atoms with Gasteiger partial charge in [-0.1, -0.05) is 41.4 Å². The Morgan fingerprint density at radius 2 is 1.86 bits per heavy atom. The Bertz CT molecular complexity index is 661. The molecule has 3 rings (SSSR count). The Kier molecular flexibility index (Phi) is 4.24. The Hall–Kier alpha value is -1.42. The molecular weight excluding hydrogens is 309 g/mol. The molecule has 1 atom stereocenters. The van der Waals surface area contributed by atoms with E-state index in [1.54, 1.807) is 6.07 Å². The molecule has 0 saturated heterocycles. The highest BCUT2D eigenvalue weighted by atomic mass is 35.5. The van der Waals surface area contributed by atoms with Crippen molar-refractivity contribution in [2.45, 2.75) is 6.04 Å². The van der Waals surface area contributed by atoms with Crippen molar-refractivity contribution in [3.05, 3.63) is 57.6 Å². The van der Waals surface area contributed by atoms with Gasteiger partial charge in [-0.3, -0.25) is 0 Å². The predicted octanol–water partition coefficient (Wildman–Crippen LogP) is 4.07. The number of ether oxygens (including phenoxy) is 2. The molecule has 1 unspecified atom stereocenters. The van der Waals surface area contributed by atoms with Crippen LogP contribution >= 0.6 is 23.2 Å². The van der Waals surface area contributed by atoms with E-state index in [9.17, 15) is 0 Å². The number of rotatable bonds is 3. The van der Waals surface area contributed by atoms with Gasteiger partial charge in [0.05, 0.1) is 16.1 Å². The van der Waals surface area contributed by atoms with E-state index in [0.717, 1.165) is 22.6 Å². The lowest BCUT2D eigenvalue weighted by atomic mass is 9.97. The second kappa shape index (κ2) is 6.14. The van der Waals surface area contributed by atoms with E-state index in [4.69, 9.17) is 32.7 Å². The minimum absolute atomic E-state index is 0.0450. The van der Waals surface area contributed by atoms with Gasteiger partial charge in [0.1, 0.15) is 13.2 Å². The van der Waals surface area contributed by atoms with Gasteiger partial charge in [0.15, 0.2) is 11.5 Å². The zero-order valence-corrected chi connectivity index (χ0v) is 13.0. The van der Waals surface area contributed by atoms with Crippen molar-refractivity contribution in [3.63, 3.8) is 0 Å². The Balaban J connectivity index is 2.06. The second-order valence-electron chi connectivity index (χ2n) is 4.77. The number of para-hydroxylation sites is 1. The maximum atomic E-state index is 6.13. The minimum atomic E-state index is -0.0450. The SMILES string of the molecule is CNC(c1ccc(Cl)c(Cl)c1)c1cccc2c1OCCO2. The molecule has 1 N–H and O–H groups in total. The van der Waals surface area contributed by atoms with E-state index in [-0.39, 0.29) is 6.04 Å². The van der Waals surface area contributed by atoms with Crippen molar-refractivity contribution in [3.8, 4) is 11.5 Å². The largest absolute Gasteiger partial charge is 0.486 e. The highest BCUT2D eigenvalue weighted by molar-refractivity contribution is 6.42. The Morgan fingerprint density at radius 1 is 1.05 bits per heavy atom. The third-order valence-electron chi connectivity index (χ3n) is 3.47. The summed E-state index contributed by atoms with van der Waals surface area (Å²) in [5.41, 5.74) is 2.04. The molecule has 0 saturated carbocycles. The van der Waals surface area contributed by atoms with Crippen LogP contribution in [0.3, 0.4) is 0 Å². The molecule has 21 heavy (non-hydrogen) atoms. The van der Waals surface area contributed by atoms with Crippen molar-refractivity contribution in [1.29, 1.82) is 0 Å². The van der Waals surface area contributed by atoms with Crippen molar-refractivity contribution in [1.82, 2.24) is 5.32 Å². The lowest BCUT2D eigenvalue weighted by Gasteiger charge is -2.25. The molecular formula is C16H15Cl2NO2. The topological polar surface area (TPSA) is 30.5 Å². The molecule has 0 aromatic heterocycles. The van der Waals surface area contributed by atoms with Gasteiger partial charge in [0, 0.05) is 5.56 Å². The molecule has 1 aliphatic rings. The number of benzene rings is 2. The van der Waals surface area contributed by atoms with Crippen molar-refractivity contribution >= 4 is 23.2 Å². The van der Waals surface area contributed by atoms with Gasteiger partial charge in [-0.25, -0.2) is 0 Å². The lowest BCUT2D eigenvalue weighted by Crippen LogP contribution is -2.22. The maximum absolute atomic E-state index is 6.13. The molecule has 0 aliphatic carbocycles. The monoisotopic (exact) mass is 323 g/mol. The molecule has 0 spiro atoms. The van der Waals surface area contributed by atoms with Crippen LogP contribution in [0.2, 0.25) is 10.0 Å². The zero-order chi connectivity index (χ0) is 14.8. The van der Waals surface area contributed by atoms with E-state index in [2.05, 4.69) is 5.32 Å². The summed E-state index contributed by atoms with van der Waals surface area (Å²) in [6.07, 6.45) is 0.